The molecule has 0 radical (unpaired) electrons. The predicted octanol–water partition coefficient (Wildman–Crippen LogP) is 4.05. The van der Waals surface area contributed by atoms with Gasteiger partial charge in [0.05, 0.1) is 12.7 Å². The number of carboxylic acid groups (broad SMARTS) is 1. The Balaban J connectivity index is 1.78. The summed E-state index contributed by atoms with van der Waals surface area (Å²) in [4.78, 5) is 24.3. The molecular weight excluding hydrogens is 382 g/mol. The molecule has 0 saturated carbocycles. The minimum atomic E-state index is -0.801. The van der Waals surface area contributed by atoms with Gasteiger partial charge in [-0.1, -0.05) is 35.9 Å². The van der Waals surface area contributed by atoms with Crippen molar-refractivity contribution in [1.29, 1.82) is 0 Å². The zero-order chi connectivity index (χ0) is 20.4. The third kappa shape index (κ3) is 7.90. The number of carbonyl (C=O) groups is 2. The molecule has 6 nitrogen and oxygen atoms in total. The summed E-state index contributed by atoms with van der Waals surface area (Å²) in [5, 5.41) is 19.6. The fourth-order valence-electron chi connectivity index (χ4n) is 3.25. The van der Waals surface area contributed by atoms with Crippen molar-refractivity contribution >= 4 is 23.7 Å². The number of hydrogen-bond donors (Lipinski definition) is 2. The van der Waals surface area contributed by atoms with Crippen LogP contribution >= 0.6 is 11.6 Å². The van der Waals surface area contributed by atoms with E-state index in [2.05, 4.69) is 0 Å². The molecule has 1 amide bonds. The van der Waals surface area contributed by atoms with Crippen LogP contribution in [0.5, 0.6) is 0 Å². The van der Waals surface area contributed by atoms with Crippen LogP contribution in [0.15, 0.2) is 36.4 Å². The SMILES string of the molecule is O=C(O)CCC/C=C\CN1C(=O)OCC[C@@H]1CCC(O)Cc1ccc(Cl)cc1. The molecule has 28 heavy (non-hydrogen) atoms. The average Bonchev–Trinajstić information content (AvgIpc) is 2.66. The number of aliphatic hydroxyl groups excluding tert-OH is 1. The number of ether oxygens (including phenoxy) is 1. The maximum absolute atomic E-state index is 12.1. The lowest BCUT2D eigenvalue weighted by Crippen LogP contribution is -2.46. The Morgan fingerprint density at radius 2 is 2.07 bits per heavy atom. The fourth-order valence-corrected chi connectivity index (χ4v) is 3.38. The van der Waals surface area contributed by atoms with Crippen molar-refractivity contribution < 1.29 is 24.5 Å². The van der Waals surface area contributed by atoms with Crippen LogP contribution in [0, 0.1) is 0 Å². The Hall–Kier alpha value is -2.05. The van der Waals surface area contributed by atoms with Gasteiger partial charge in [0.1, 0.15) is 0 Å². The quantitative estimate of drug-likeness (QED) is 0.425. The van der Waals surface area contributed by atoms with E-state index in [0.29, 0.717) is 50.3 Å². The normalized spacial score (nSPS) is 18.3. The van der Waals surface area contributed by atoms with Crippen molar-refractivity contribution in [2.24, 2.45) is 0 Å². The van der Waals surface area contributed by atoms with Crippen molar-refractivity contribution in [2.75, 3.05) is 13.2 Å². The molecule has 1 aliphatic rings. The number of benzene rings is 1. The predicted molar refractivity (Wildman–Crippen MR) is 107 cm³/mol. The summed E-state index contributed by atoms with van der Waals surface area (Å²) < 4.78 is 5.14. The van der Waals surface area contributed by atoms with E-state index in [-0.39, 0.29) is 18.6 Å². The molecule has 0 aliphatic carbocycles. The second-order valence-corrected chi connectivity index (χ2v) is 7.46. The summed E-state index contributed by atoms with van der Waals surface area (Å²) in [6, 6.07) is 7.47. The molecule has 0 bridgehead atoms. The van der Waals surface area contributed by atoms with E-state index in [1.165, 1.54) is 0 Å². The highest BCUT2D eigenvalue weighted by Gasteiger charge is 2.28. The molecule has 2 rings (SSSR count). The minimum absolute atomic E-state index is 0.0322. The van der Waals surface area contributed by atoms with E-state index in [9.17, 15) is 14.7 Å². The number of allylic oxidation sites excluding steroid dienone is 1. The summed E-state index contributed by atoms with van der Waals surface area (Å²) in [5.74, 6) is -0.801. The number of rotatable bonds is 11. The van der Waals surface area contributed by atoms with E-state index in [4.69, 9.17) is 21.4 Å². The Kier molecular flexibility index (Phi) is 9.31. The van der Waals surface area contributed by atoms with E-state index in [1.807, 2.05) is 36.4 Å². The topological polar surface area (TPSA) is 87.1 Å². The third-order valence-electron chi connectivity index (χ3n) is 4.80. The molecule has 1 aromatic carbocycles. The largest absolute Gasteiger partial charge is 0.481 e. The Labute approximate surface area is 170 Å². The highest BCUT2D eigenvalue weighted by Crippen LogP contribution is 2.20. The van der Waals surface area contributed by atoms with Crippen LogP contribution in [0.3, 0.4) is 0 Å². The molecule has 1 unspecified atom stereocenters. The van der Waals surface area contributed by atoms with Crippen molar-refractivity contribution in [3.63, 3.8) is 0 Å². The summed E-state index contributed by atoms with van der Waals surface area (Å²) in [6.07, 6.45) is 6.95. The molecule has 1 aliphatic heterocycles. The molecular formula is C21H28ClNO5. The number of halogens is 1. The highest BCUT2D eigenvalue weighted by atomic mass is 35.5. The van der Waals surface area contributed by atoms with Gasteiger partial charge in [-0.2, -0.15) is 0 Å². The Morgan fingerprint density at radius 3 is 2.79 bits per heavy atom. The number of carbonyl (C=O) groups excluding carboxylic acids is 1. The molecule has 2 N–H and O–H groups in total. The number of hydrogen-bond acceptors (Lipinski definition) is 4. The monoisotopic (exact) mass is 409 g/mol. The summed E-state index contributed by atoms with van der Waals surface area (Å²) in [5.41, 5.74) is 1.03. The van der Waals surface area contributed by atoms with Crippen molar-refractivity contribution in [3.05, 3.63) is 47.0 Å². The van der Waals surface area contributed by atoms with Gasteiger partial charge in [0.25, 0.3) is 0 Å². The van der Waals surface area contributed by atoms with Crippen LogP contribution < -0.4 is 0 Å². The minimum Gasteiger partial charge on any atom is -0.481 e. The smallest absolute Gasteiger partial charge is 0.410 e. The molecule has 1 aromatic rings. The van der Waals surface area contributed by atoms with Crippen molar-refractivity contribution in [1.82, 2.24) is 4.90 Å². The Morgan fingerprint density at radius 1 is 1.32 bits per heavy atom. The molecule has 1 heterocycles. The van der Waals surface area contributed by atoms with Gasteiger partial charge in [0.15, 0.2) is 0 Å². The number of aliphatic hydroxyl groups is 1. The van der Waals surface area contributed by atoms with Crippen LogP contribution in [0.4, 0.5) is 4.79 Å². The maximum atomic E-state index is 12.1. The number of amides is 1. The highest BCUT2D eigenvalue weighted by molar-refractivity contribution is 6.30. The first-order valence-corrected chi connectivity index (χ1v) is 10.1. The summed E-state index contributed by atoms with van der Waals surface area (Å²) in [6.45, 7) is 0.833. The molecule has 2 atom stereocenters. The average molecular weight is 410 g/mol. The third-order valence-corrected chi connectivity index (χ3v) is 5.05. The molecule has 154 valence electrons. The standard InChI is InChI=1S/C21H28ClNO5/c22-17-8-6-16(7-9-17)15-19(24)11-10-18-12-14-28-21(27)23(18)13-4-2-1-3-5-20(25)26/h2,4,6-9,18-19,24H,1,3,5,10-15H2,(H,25,26)/b4-2-/t18-,19?/m0/s1. The lowest BCUT2D eigenvalue weighted by atomic mass is 9.99. The van der Waals surface area contributed by atoms with Crippen LogP contribution in [-0.4, -0.2) is 52.5 Å². The Bertz CT molecular complexity index is 661. The molecule has 1 fully saturated rings. The van der Waals surface area contributed by atoms with Crippen LogP contribution in [0.25, 0.3) is 0 Å². The first-order valence-electron chi connectivity index (χ1n) is 9.68. The van der Waals surface area contributed by atoms with Gasteiger partial charge in [-0.15, -0.1) is 0 Å². The van der Waals surface area contributed by atoms with Gasteiger partial charge in [0.2, 0.25) is 0 Å². The van der Waals surface area contributed by atoms with Crippen LogP contribution in [-0.2, 0) is 16.0 Å². The van der Waals surface area contributed by atoms with Gasteiger partial charge in [-0.25, -0.2) is 4.79 Å². The first-order chi connectivity index (χ1) is 13.5. The maximum Gasteiger partial charge on any atom is 0.410 e. The molecule has 0 spiro atoms. The van der Waals surface area contributed by atoms with Crippen LogP contribution in [0.2, 0.25) is 5.02 Å². The van der Waals surface area contributed by atoms with Crippen molar-refractivity contribution in [3.8, 4) is 0 Å². The second-order valence-electron chi connectivity index (χ2n) is 7.03. The van der Waals surface area contributed by atoms with Crippen LogP contribution in [0.1, 0.15) is 44.1 Å². The van der Waals surface area contributed by atoms with Gasteiger partial charge in [0, 0.05) is 30.5 Å². The summed E-state index contributed by atoms with van der Waals surface area (Å²) in [7, 11) is 0. The number of cyclic esters (lactones) is 1. The van der Waals surface area contributed by atoms with E-state index in [1.54, 1.807) is 4.90 Å². The van der Waals surface area contributed by atoms with E-state index < -0.39 is 12.1 Å². The number of carboxylic acids is 1. The number of nitrogens with zero attached hydrogens (tertiary/aromatic N) is 1. The van der Waals surface area contributed by atoms with Gasteiger partial charge < -0.3 is 19.8 Å². The molecule has 7 heteroatoms. The van der Waals surface area contributed by atoms with Crippen molar-refractivity contribution in [2.45, 2.75) is 57.1 Å². The van der Waals surface area contributed by atoms with Gasteiger partial charge in [-0.3, -0.25) is 4.79 Å². The fraction of sp³-hybridized carbons (Fsp3) is 0.524. The zero-order valence-corrected chi connectivity index (χ0v) is 16.7. The van der Waals surface area contributed by atoms with E-state index >= 15 is 0 Å². The summed E-state index contributed by atoms with van der Waals surface area (Å²) >= 11 is 5.88. The molecule has 1 saturated heterocycles. The first kappa shape index (κ1) is 22.2. The second kappa shape index (κ2) is 11.7. The zero-order valence-electron chi connectivity index (χ0n) is 15.9. The lowest BCUT2D eigenvalue weighted by Gasteiger charge is -2.34. The molecule has 0 aromatic heterocycles. The van der Waals surface area contributed by atoms with E-state index in [0.717, 1.165) is 12.0 Å². The van der Waals surface area contributed by atoms with Gasteiger partial charge >= 0.3 is 12.1 Å². The number of unbranched alkanes of at least 4 members (excludes halogenated alkanes) is 1. The van der Waals surface area contributed by atoms with Gasteiger partial charge in [-0.05, 0) is 49.8 Å². The number of aliphatic carboxylic acids is 1. The lowest BCUT2D eigenvalue weighted by molar-refractivity contribution is -0.137.